The molecular formula is C19H38OSi2. The van der Waals surface area contributed by atoms with Crippen molar-refractivity contribution >= 4 is 16.4 Å². The zero-order chi connectivity index (χ0) is 17.7. The quantitative estimate of drug-likeness (QED) is 0.316. The molecule has 0 saturated heterocycles. The Hall–Kier alpha value is -0.306. The third-order valence-corrected chi connectivity index (χ3v) is 9.70. The number of rotatable bonds is 6. The largest absolute Gasteiger partial charge is 0.413 e. The molecule has 22 heavy (non-hydrogen) atoms. The third kappa shape index (κ3) is 9.66. The fourth-order valence-electron chi connectivity index (χ4n) is 1.64. The summed E-state index contributed by atoms with van der Waals surface area (Å²) in [5.41, 5.74) is 3.64. The second kappa shape index (κ2) is 7.99. The minimum Gasteiger partial charge on any atom is -0.413 e. The van der Waals surface area contributed by atoms with Crippen molar-refractivity contribution in [2.24, 2.45) is 5.41 Å². The predicted octanol–water partition coefficient (Wildman–Crippen LogP) is 6.25. The van der Waals surface area contributed by atoms with E-state index in [2.05, 4.69) is 91.0 Å². The normalized spacial score (nSPS) is 14.1. The van der Waals surface area contributed by atoms with Gasteiger partial charge in [-0.05, 0) is 30.0 Å². The lowest BCUT2D eigenvalue weighted by Gasteiger charge is -2.35. The molecule has 0 amide bonds. The molecule has 0 unspecified atom stereocenters. The van der Waals surface area contributed by atoms with Crippen LogP contribution in [0.1, 0.15) is 47.5 Å². The van der Waals surface area contributed by atoms with Crippen molar-refractivity contribution in [3.63, 3.8) is 0 Å². The fraction of sp³-hybridized carbons (Fsp3) is 0.789. The summed E-state index contributed by atoms with van der Waals surface area (Å²) in [7, 11) is -2.84. The van der Waals surface area contributed by atoms with Gasteiger partial charge in [0.2, 0.25) is 0 Å². The van der Waals surface area contributed by atoms with E-state index in [0.717, 1.165) is 19.4 Å². The van der Waals surface area contributed by atoms with Gasteiger partial charge >= 0.3 is 0 Å². The number of allylic oxidation sites excluding steroid dienone is 1. The monoisotopic (exact) mass is 338 g/mol. The van der Waals surface area contributed by atoms with Crippen LogP contribution >= 0.6 is 0 Å². The molecule has 0 aliphatic rings. The lowest BCUT2D eigenvalue weighted by Crippen LogP contribution is -2.40. The van der Waals surface area contributed by atoms with Crippen molar-refractivity contribution in [3.05, 3.63) is 12.2 Å². The average molecular weight is 339 g/mol. The molecule has 0 radical (unpaired) electrons. The topological polar surface area (TPSA) is 9.23 Å². The van der Waals surface area contributed by atoms with Gasteiger partial charge in [0.1, 0.15) is 8.07 Å². The molecule has 0 spiro atoms. The highest BCUT2D eigenvalue weighted by atomic mass is 28.4. The van der Waals surface area contributed by atoms with Crippen LogP contribution in [0.3, 0.4) is 0 Å². The molecule has 1 nitrogen and oxygen atoms in total. The van der Waals surface area contributed by atoms with Crippen LogP contribution in [0.2, 0.25) is 37.8 Å². The Morgan fingerprint density at radius 3 is 1.95 bits per heavy atom. The zero-order valence-corrected chi connectivity index (χ0v) is 18.7. The predicted molar refractivity (Wildman–Crippen MR) is 106 cm³/mol. The molecule has 0 aromatic carbocycles. The molecule has 0 bridgehead atoms. The first-order valence-electron chi connectivity index (χ1n) is 8.48. The van der Waals surface area contributed by atoms with Gasteiger partial charge in [0.25, 0.3) is 0 Å². The van der Waals surface area contributed by atoms with Crippen LogP contribution in [0, 0.1) is 16.9 Å². The summed E-state index contributed by atoms with van der Waals surface area (Å²) in [6.45, 7) is 23.6. The standard InChI is InChI=1S/C19H38OSi2/c1-18(2,3)22(9,10)20-16-13-15-19(4,5)14-11-12-17-21(6,7)8/h13,15H,11,14,16H2,1-10H3/b15-13+. The highest BCUT2D eigenvalue weighted by Gasteiger charge is 2.36. The minimum atomic E-state index is -1.62. The Balaban J connectivity index is 4.33. The summed E-state index contributed by atoms with van der Waals surface area (Å²) in [5, 5.41) is 0.281. The fourth-order valence-corrected chi connectivity index (χ4v) is 3.24. The first-order chi connectivity index (χ1) is 9.66. The van der Waals surface area contributed by atoms with Gasteiger partial charge in [-0.1, -0.05) is 66.4 Å². The van der Waals surface area contributed by atoms with Crippen LogP contribution in [0.4, 0.5) is 0 Å². The molecule has 0 aliphatic heterocycles. The molecule has 0 atom stereocenters. The van der Waals surface area contributed by atoms with E-state index in [1.165, 1.54) is 0 Å². The summed E-state index contributed by atoms with van der Waals surface area (Å²) in [6, 6.07) is 0. The Kier molecular flexibility index (Phi) is 7.88. The smallest absolute Gasteiger partial charge is 0.192 e. The van der Waals surface area contributed by atoms with Crippen LogP contribution in [0.25, 0.3) is 0 Å². The molecule has 0 aromatic rings. The van der Waals surface area contributed by atoms with Crippen LogP contribution < -0.4 is 0 Å². The van der Waals surface area contributed by atoms with Gasteiger partial charge < -0.3 is 4.43 Å². The van der Waals surface area contributed by atoms with E-state index in [9.17, 15) is 0 Å². The summed E-state index contributed by atoms with van der Waals surface area (Å²) in [5.74, 6) is 3.37. The lowest BCUT2D eigenvalue weighted by atomic mass is 9.87. The average Bonchev–Trinajstić information content (AvgIpc) is 2.28. The van der Waals surface area contributed by atoms with Crippen LogP contribution in [-0.4, -0.2) is 23.0 Å². The van der Waals surface area contributed by atoms with E-state index in [1.54, 1.807) is 0 Å². The van der Waals surface area contributed by atoms with Gasteiger partial charge in [0.05, 0.1) is 6.61 Å². The maximum atomic E-state index is 6.19. The number of hydrogen-bond donors (Lipinski definition) is 0. The zero-order valence-electron chi connectivity index (χ0n) is 16.7. The van der Waals surface area contributed by atoms with Crippen molar-refractivity contribution < 1.29 is 4.43 Å². The molecular weight excluding hydrogens is 300 g/mol. The molecule has 0 saturated carbocycles. The van der Waals surface area contributed by atoms with Gasteiger partial charge in [-0.3, -0.25) is 0 Å². The van der Waals surface area contributed by atoms with Gasteiger partial charge in [-0.2, -0.15) is 0 Å². The molecule has 0 aliphatic carbocycles. The second-order valence-electron chi connectivity index (χ2n) is 9.51. The molecule has 0 heterocycles. The maximum Gasteiger partial charge on any atom is 0.192 e. The van der Waals surface area contributed by atoms with Crippen molar-refractivity contribution in [1.29, 1.82) is 0 Å². The lowest BCUT2D eigenvalue weighted by molar-refractivity contribution is 0.325. The van der Waals surface area contributed by atoms with Crippen LogP contribution in [0.15, 0.2) is 12.2 Å². The Morgan fingerprint density at radius 2 is 1.50 bits per heavy atom. The Morgan fingerprint density at radius 1 is 0.955 bits per heavy atom. The summed E-state index contributed by atoms with van der Waals surface area (Å²) < 4.78 is 6.19. The maximum absolute atomic E-state index is 6.19. The first kappa shape index (κ1) is 21.7. The van der Waals surface area contributed by atoms with Crippen molar-refractivity contribution in [2.45, 2.75) is 85.2 Å². The molecule has 0 aromatic heterocycles. The summed E-state index contributed by atoms with van der Waals surface area (Å²) >= 11 is 0. The van der Waals surface area contributed by atoms with Gasteiger partial charge in [0, 0.05) is 6.42 Å². The number of hydrogen-bond acceptors (Lipinski definition) is 1. The van der Waals surface area contributed by atoms with E-state index in [4.69, 9.17) is 4.43 Å². The van der Waals surface area contributed by atoms with Crippen molar-refractivity contribution in [3.8, 4) is 11.5 Å². The third-order valence-electron chi connectivity index (χ3n) is 4.27. The van der Waals surface area contributed by atoms with Gasteiger partial charge in [-0.15, -0.1) is 11.5 Å². The summed E-state index contributed by atoms with van der Waals surface area (Å²) in [4.78, 5) is 0. The molecule has 128 valence electrons. The van der Waals surface area contributed by atoms with Crippen LogP contribution in [-0.2, 0) is 4.43 Å². The van der Waals surface area contributed by atoms with Gasteiger partial charge in [0.15, 0.2) is 8.32 Å². The van der Waals surface area contributed by atoms with E-state index in [1.807, 2.05) is 0 Å². The molecule has 0 fully saturated rings. The molecule has 0 N–H and O–H groups in total. The minimum absolute atomic E-state index is 0.199. The highest BCUT2D eigenvalue weighted by molar-refractivity contribution is 6.83. The SMILES string of the molecule is CC(C)(/C=C/CO[Si](C)(C)C(C)(C)C)CCC#C[Si](C)(C)C. The Bertz CT molecular complexity index is 423. The van der Waals surface area contributed by atoms with E-state index < -0.39 is 16.4 Å². The molecule has 3 heteroatoms. The highest BCUT2D eigenvalue weighted by Crippen LogP contribution is 2.36. The van der Waals surface area contributed by atoms with Crippen LogP contribution in [0.5, 0.6) is 0 Å². The molecule has 0 rings (SSSR count). The van der Waals surface area contributed by atoms with Crippen molar-refractivity contribution in [1.82, 2.24) is 0 Å². The van der Waals surface area contributed by atoms with E-state index in [0.29, 0.717) is 0 Å². The Labute approximate surface area is 142 Å². The van der Waals surface area contributed by atoms with E-state index >= 15 is 0 Å². The van der Waals surface area contributed by atoms with E-state index in [-0.39, 0.29) is 10.5 Å². The first-order valence-corrected chi connectivity index (χ1v) is 14.9. The summed E-state index contributed by atoms with van der Waals surface area (Å²) in [6.07, 6.45) is 6.61. The van der Waals surface area contributed by atoms with Gasteiger partial charge in [-0.25, -0.2) is 0 Å². The van der Waals surface area contributed by atoms with Crippen molar-refractivity contribution in [2.75, 3.05) is 6.61 Å². The second-order valence-corrected chi connectivity index (χ2v) is 19.1.